The molecule has 2 nitrogen and oxygen atoms in total. The highest BCUT2D eigenvalue weighted by Gasteiger charge is 2.16. The van der Waals surface area contributed by atoms with Crippen LogP contribution >= 0.6 is 39.3 Å². The number of amidine groups is 1. The zero-order chi connectivity index (χ0) is 11.7. The van der Waals surface area contributed by atoms with Gasteiger partial charge in [0, 0.05) is 10.2 Å². The van der Waals surface area contributed by atoms with Crippen molar-refractivity contribution < 1.29 is 4.39 Å². The summed E-state index contributed by atoms with van der Waals surface area (Å²) in [6.07, 6.45) is 0. The molecule has 0 saturated carbocycles. The Labute approximate surface area is 111 Å². The summed E-state index contributed by atoms with van der Waals surface area (Å²) in [6.45, 7) is 2.04. The number of thioether (sulfide) groups is 1. The van der Waals surface area contributed by atoms with E-state index >= 15 is 0 Å². The molecule has 0 bridgehead atoms. The van der Waals surface area contributed by atoms with Gasteiger partial charge in [0.25, 0.3) is 0 Å². The average Bonchev–Trinajstić information content (AvgIpc) is 2.58. The van der Waals surface area contributed by atoms with Crippen molar-refractivity contribution in [3.05, 3.63) is 27.4 Å². The van der Waals surface area contributed by atoms with Crippen molar-refractivity contribution in [1.82, 2.24) is 0 Å². The van der Waals surface area contributed by atoms with Gasteiger partial charge in [0.1, 0.15) is 5.82 Å². The number of hydrogen-bond acceptors (Lipinski definition) is 3. The summed E-state index contributed by atoms with van der Waals surface area (Å²) in [6, 6.07) is 2.96. The third-order valence-electron chi connectivity index (χ3n) is 2.04. The molecule has 1 aliphatic heterocycles. The number of hydrogen-bond donors (Lipinski definition) is 1. The van der Waals surface area contributed by atoms with E-state index < -0.39 is 0 Å². The van der Waals surface area contributed by atoms with E-state index in [-0.39, 0.29) is 5.82 Å². The van der Waals surface area contributed by atoms with Gasteiger partial charge in [0.2, 0.25) is 0 Å². The number of aliphatic imine (C=N–C) groups is 1. The minimum atomic E-state index is -0.364. The smallest absolute Gasteiger partial charge is 0.161 e. The Morgan fingerprint density at radius 1 is 1.62 bits per heavy atom. The van der Waals surface area contributed by atoms with Gasteiger partial charge in [-0.25, -0.2) is 4.39 Å². The van der Waals surface area contributed by atoms with Gasteiger partial charge in [-0.15, -0.1) is 0 Å². The second kappa shape index (κ2) is 4.94. The molecule has 6 heteroatoms. The molecule has 0 aliphatic carbocycles. The molecule has 16 heavy (non-hydrogen) atoms. The van der Waals surface area contributed by atoms with Gasteiger partial charge in [-0.1, -0.05) is 23.4 Å². The van der Waals surface area contributed by atoms with Gasteiger partial charge in [0.05, 0.1) is 16.8 Å². The van der Waals surface area contributed by atoms with Gasteiger partial charge in [0.15, 0.2) is 5.17 Å². The second-order valence-electron chi connectivity index (χ2n) is 3.46. The first kappa shape index (κ1) is 12.2. The summed E-state index contributed by atoms with van der Waals surface area (Å²) in [5.74, 6) is 0.593. The molecule has 1 N–H and O–H groups in total. The van der Waals surface area contributed by atoms with E-state index in [1.165, 1.54) is 12.1 Å². The molecule has 1 aromatic rings. The Bertz CT molecular complexity index is 429. The SMILES string of the molecule is CC1CSC(Nc2c(Cl)cc(F)cc2Br)=N1. The predicted octanol–water partition coefficient (Wildman–Crippen LogP) is 4.14. The van der Waals surface area contributed by atoms with Gasteiger partial charge >= 0.3 is 0 Å². The van der Waals surface area contributed by atoms with Gasteiger partial charge in [-0.2, -0.15) is 0 Å². The van der Waals surface area contributed by atoms with Crippen molar-refractivity contribution in [3.8, 4) is 0 Å². The van der Waals surface area contributed by atoms with Crippen molar-refractivity contribution in [2.45, 2.75) is 13.0 Å². The summed E-state index contributed by atoms with van der Waals surface area (Å²) in [5, 5.41) is 4.27. The highest BCUT2D eigenvalue weighted by molar-refractivity contribution is 9.10. The molecular formula is C10H9BrClFN2S. The molecule has 2 rings (SSSR count). The van der Waals surface area contributed by atoms with Crippen LogP contribution in [-0.4, -0.2) is 17.0 Å². The Kier molecular flexibility index (Phi) is 3.77. The van der Waals surface area contributed by atoms with E-state index in [1.807, 2.05) is 6.92 Å². The fourth-order valence-corrected chi connectivity index (χ4v) is 3.11. The summed E-state index contributed by atoms with van der Waals surface area (Å²) in [7, 11) is 0. The topological polar surface area (TPSA) is 24.4 Å². The second-order valence-corrected chi connectivity index (χ2v) is 5.73. The molecule has 0 fully saturated rings. The standard InChI is InChI=1S/C10H9BrClFN2S/c1-5-4-16-10(14-5)15-9-7(11)2-6(13)3-8(9)12/h2-3,5H,4H2,1H3,(H,14,15). The van der Waals surface area contributed by atoms with Crippen LogP contribution in [0, 0.1) is 5.82 Å². The Morgan fingerprint density at radius 2 is 2.38 bits per heavy atom. The first-order valence-corrected chi connectivity index (χ1v) is 6.84. The molecule has 0 saturated heterocycles. The lowest BCUT2D eigenvalue weighted by Gasteiger charge is -2.09. The largest absolute Gasteiger partial charge is 0.333 e. The number of nitrogens with one attached hydrogen (secondary N) is 1. The number of halogens is 3. The maximum absolute atomic E-state index is 13.0. The molecule has 0 radical (unpaired) electrons. The quantitative estimate of drug-likeness (QED) is 0.840. The van der Waals surface area contributed by atoms with Crippen LogP contribution in [0.5, 0.6) is 0 Å². The van der Waals surface area contributed by atoms with Crippen molar-refractivity contribution in [3.63, 3.8) is 0 Å². The Balaban J connectivity index is 2.25. The number of rotatable bonds is 1. The fraction of sp³-hybridized carbons (Fsp3) is 0.300. The Hall–Kier alpha value is -0.260. The van der Waals surface area contributed by atoms with Crippen LogP contribution < -0.4 is 5.32 Å². The third kappa shape index (κ3) is 2.70. The van der Waals surface area contributed by atoms with E-state index in [1.54, 1.807) is 11.8 Å². The fourth-order valence-electron chi connectivity index (χ4n) is 1.31. The van der Waals surface area contributed by atoms with Crippen molar-refractivity contribution in [2.24, 2.45) is 4.99 Å². The van der Waals surface area contributed by atoms with Crippen LogP contribution in [0.3, 0.4) is 0 Å². The minimum Gasteiger partial charge on any atom is -0.333 e. The Morgan fingerprint density at radius 3 is 2.94 bits per heavy atom. The molecule has 86 valence electrons. The summed E-state index contributed by atoms with van der Waals surface area (Å²) >= 11 is 10.9. The lowest BCUT2D eigenvalue weighted by atomic mass is 10.3. The zero-order valence-electron chi connectivity index (χ0n) is 8.43. The molecule has 1 unspecified atom stereocenters. The molecular weight excluding hydrogens is 315 g/mol. The number of nitrogens with zero attached hydrogens (tertiary/aromatic N) is 1. The molecule has 0 spiro atoms. The monoisotopic (exact) mass is 322 g/mol. The highest BCUT2D eigenvalue weighted by atomic mass is 79.9. The molecule has 1 aromatic carbocycles. The van der Waals surface area contributed by atoms with Crippen LogP contribution in [-0.2, 0) is 0 Å². The van der Waals surface area contributed by atoms with Crippen LogP contribution in [0.25, 0.3) is 0 Å². The molecule has 1 aliphatic rings. The molecule has 0 aromatic heterocycles. The summed E-state index contributed by atoms with van der Waals surface area (Å²) < 4.78 is 13.6. The van der Waals surface area contributed by atoms with Crippen molar-refractivity contribution in [1.29, 1.82) is 0 Å². The minimum absolute atomic E-state index is 0.311. The van der Waals surface area contributed by atoms with Crippen molar-refractivity contribution >= 4 is 50.1 Å². The van der Waals surface area contributed by atoms with E-state index in [9.17, 15) is 4.39 Å². The molecule has 0 amide bonds. The highest BCUT2D eigenvalue weighted by Crippen LogP contribution is 2.33. The van der Waals surface area contributed by atoms with E-state index in [2.05, 4.69) is 26.2 Å². The van der Waals surface area contributed by atoms with Gasteiger partial charge in [-0.05, 0) is 35.0 Å². The first-order valence-electron chi connectivity index (χ1n) is 4.68. The van der Waals surface area contributed by atoms with Crippen LogP contribution in [0.2, 0.25) is 5.02 Å². The van der Waals surface area contributed by atoms with Gasteiger partial charge in [-0.3, -0.25) is 4.99 Å². The normalized spacial score (nSPS) is 19.8. The van der Waals surface area contributed by atoms with Crippen LogP contribution in [0.4, 0.5) is 10.1 Å². The number of benzene rings is 1. The lowest BCUT2D eigenvalue weighted by molar-refractivity contribution is 0.627. The molecule has 1 heterocycles. The zero-order valence-corrected chi connectivity index (χ0v) is 11.6. The van der Waals surface area contributed by atoms with E-state index in [0.29, 0.717) is 21.2 Å². The maximum Gasteiger partial charge on any atom is 0.161 e. The number of anilines is 1. The summed E-state index contributed by atoms with van der Waals surface area (Å²) in [5.41, 5.74) is 0.656. The first-order chi connectivity index (χ1) is 7.56. The van der Waals surface area contributed by atoms with Gasteiger partial charge < -0.3 is 5.32 Å². The average molecular weight is 324 g/mol. The van der Waals surface area contributed by atoms with Crippen LogP contribution in [0.1, 0.15) is 6.92 Å². The molecule has 1 atom stereocenters. The third-order valence-corrected chi connectivity index (χ3v) is 4.09. The van der Waals surface area contributed by atoms with Crippen molar-refractivity contribution in [2.75, 3.05) is 11.1 Å². The van der Waals surface area contributed by atoms with E-state index in [0.717, 1.165) is 10.9 Å². The summed E-state index contributed by atoms with van der Waals surface area (Å²) in [4.78, 5) is 4.38. The van der Waals surface area contributed by atoms with Crippen LogP contribution in [0.15, 0.2) is 21.6 Å². The maximum atomic E-state index is 13.0. The lowest BCUT2D eigenvalue weighted by Crippen LogP contribution is -2.06. The van der Waals surface area contributed by atoms with E-state index in [4.69, 9.17) is 11.6 Å². The predicted molar refractivity (Wildman–Crippen MR) is 72.1 cm³/mol.